The average molecular weight is 318 g/mol. The molecule has 2 amide bonds. The number of hydrogen-bond donors (Lipinski definition) is 2. The highest BCUT2D eigenvalue weighted by atomic mass is 32.1. The van der Waals surface area contributed by atoms with Crippen molar-refractivity contribution in [1.29, 1.82) is 0 Å². The Balaban J connectivity index is 1.78. The van der Waals surface area contributed by atoms with Gasteiger partial charge in [-0.3, -0.25) is 18.7 Å². The summed E-state index contributed by atoms with van der Waals surface area (Å²) in [7, 11) is 1.56. The van der Waals surface area contributed by atoms with E-state index >= 15 is 0 Å². The molecule has 0 aliphatic rings. The number of nitrogens with one attached hydrogen (secondary N) is 2. The molecular formula is C13H14N6O2S. The molecule has 0 fully saturated rings. The summed E-state index contributed by atoms with van der Waals surface area (Å²) < 4.78 is 3.21. The predicted octanol–water partition coefficient (Wildman–Crippen LogP) is 0.899. The van der Waals surface area contributed by atoms with Gasteiger partial charge < -0.3 is 10.6 Å². The Bertz CT molecular complexity index is 846. The van der Waals surface area contributed by atoms with Gasteiger partial charge >= 0.3 is 0 Å². The van der Waals surface area contributed by atoms with Crippen LogP contribution in [-0.4, -0.2) is 38.0 Å². The van der Waals surface area contributed by atoms with Gasteiger partial charge in [-0.15, -0.1) is 11.3 Å². The van der Waals surface area contributed by atoms with Crippen LogP contribution >= 0.6 is 11.3 Å². The van der Waals surface area contributed by atoms with Crippen LogP contribution in [0.1, 0.15) is 16.2 Å². The number of aromatic nitrogens is 4. The van der Waals surface area contributed by atoms with Crippen molar-refractivity contribution >= 4 is 33.8 Å². The Morgan fingerprint density at radius 1 is 1.41 bits per heavy atom. The van der Waals surface area contributed by atoms with Crippen molar-refractivity contribution < 1.29 is 9.59 Å². The quantitative estimate of drug-likeness (QED) is 0.747. The first-order valence-electron chi connectivity index (χ1n) is 6.55. The SMILES string of the molecule is CNC(=O)Cn1cc(NC(=O)c2c(C)nc3sccn23)cn1. The third-order valence-electron chi connectivity index (χ3n) is 3.13. The number of imidazole rings is 1. The Hall–Kier alpha value is -2.68. The molecule has 2 N–H and O–H groups in total. The summed E-state index contributed by atoms with van der Waals surface area (Å²) in [6, 6.07) is 0. The number of nitrogens with zero attached hydrogens (tertiary/aromatic N) is 4. The van der Waals surface area contributed by atoms with Crippen LogP contribution in [0, 0.1) is 6.92 Å². The molecule has 9 heteroatoms. The van der Waals surface area contributed by atoms with Crippen LogP contribution in [0.25, 0.3) is 4.96 Å². The number of aryl methyl sites for hydroxylation is 1. The molecule has 0 saturated heterocycles. The molecule has 0 atom stereocenters. The third kappa shape index (κ3) is 2.58. The topological polar surface area (TPSA) is 93.3 Å². The van der Waals surface area contributed by atoms with Crippen molar-refractivity contribution in [1.82, 2.24) is 24.5 Å². The largest absolute Gasteiger partial charge is 0.358 e. The van der Waals surface area contributed by atoms with Gasteiger partial charge in [-0.1, -0.05) is 0 Å². The number of fused-ring (bicyclic) bond motifs is 1. The van der Waals surface area contributed by atoms with Crippen molar-refractivity contribution in [3.05, 3.63) is 35.4 Å². The summed E-state index contributed by atoms with van der Waals surface area (Å²) in [6.07, 6.45) is 4.92. The van der Waals surface area contributed by atoms with E-state index in [1.165, 1.54) is 22.2 Å². The second-order valence-corrected chi connectivity index (χ2v) is 5.53. The van der Waals surface area contributed by atoms with Crippen molar-refractivity contribution in [3.8, 4) is 0 Å². The lowest BCUT2D eigenvalue weighted by Crippen LogP contribution is -2.23. The number of anilines is 1. The highest BCUT2D eigenvalue weighted by Crippen LogP contribution is 2.18. The molecule has 0 aliphatic carbocycles. The van der Waals surface area contributed by atoms with Gasteiger partial charge in [0.2, 0.25) is 5.91 Å². The Morgan fingerprint density at radius 3 is 3.00 bits per heavy atom. The smallest absolute Gasteiger partial charge is 0.274 e. The van der Waals surface area contributed by atoms with Crippen LogP contribution < -0.4 is 10.6 Å². The van der Waals surface area contributed by atoms with Gasteiger partial charge in [0, 0.05) is 24.8 Å². The van der Waals surface area contributed by atoms with Crippen molar-refractivity contribution in [2.45, 2.75) is 13.5 Å². The Morgan fingerprint density at radius 2 is 2.23 bits per heavy atom. The van der Waals surface area contributed by atoms with E-state index in [2.05, 4.69) is 20.7 Å². The number of hydrogen-bond acceptors (Lipinski definition) is 5. The number of rotatable bonds is 4. The van der Waals surface area contributed by atoms with E-state index in [0.29, 0.717) is 17.1 Å². The van der Waals surface area contributed by atoms with Gasteiger partial charge in [0.05, 0.1) is 17.6 Å². The maximum Gasteiger partial charge on any atom is 0.274 e. The van der Waals surface area contributed by atoms with Gasteiger partial charge in [-0.05, 0) is 6.92 Å². The summed E-state index contributed by atoms with van der Waals surface area (Å²) >= 11 is 1.47. The minimum Gasteiger partial charge on any atom is -0.358 e. The summed E-state index contributed by atoms with van der Waals surface area (Å²) in [5, 5.41) is 11.2. The molecule has 114 valence electrons. The third-order valence-corrected chi connectivity index (χ3v) is 3.88. The molecule has 0 radical (unpaired) electrons. The van der Waals surface area contributed by atoms with Gasteiger partial charge in [-0.2, -0.15) is 5.10 Å². The molecular weight excluding hydrogens is 304 g/mol. The maximum absolute atomic E-state index is 12.4. The van der Waals surface area contributed by atoms with Crippen molar-refractivity contribution in [2.24, 2.45) is 0 Å². The van der Waals surface area contributed by atoms with E-state index in [1.54, 1.807) is 24.6 Å². The van der Waals surface area contributed by atoms with Gasteiger partial charge in [-0.25, -0.2) is 4.98 Å². The second-order valence-electron chi connectivity index (χ2n) is 4.66. The summed E-state index contributed by atoms with van der Waals surface area (Å²) in [5.41, 5.74) is 1.69. The van der Waals surface area contributed by atoms with Gasteiger partial charge in [0.25, 0.3) is 5.91 Å². The highest BCUT2D eigenvalue weighted by Gasteiger charge is 2.18. The number of carbonyl (C=O) groups excluding carboxylic acids is 2. The summed E-state index contributed by atoms with van der Waals surface area (Å²) in [4.78, 5) is 28.8. The van der Waals surface area contributed by atoms with Crippen molar-refractivity contribution in [2.75, 3.05) is 12.4 Å². The van der Waals surface area contributed by atoms with Crippen LogP contribution in [0.5, 0.6) is 0 Å². The normalized spacial score (nSPS) is 10.8. The van der Waals surface area contributed by atoms with E-state index < -0.39 is 0 Å². The van der Waals surface area contributed by atoms with E-state index in [0.717, 1.165) is 4.96 Å². The fraction of sp³-hybridized carbons (Fsp3) is 0.231. The standard InChI is InChI=1S/C13H14N6O2S/c1-8-11(19-3-4-22-13(19)16-8)12(21)17-9-5-15-18(6-9)7-10(20)14-2/h3-6H,7H2,1-2H3,(H,14,20)(H,17,21). The van der Waals surface area contributed by atoms with Crippen LogP contribution in [-0.2, 0) is 11.3 Å². The van der Waals surface area contributed by atoms with E-state index in [9.17, 15) is 9.59 Å². The molecule has 0 spiro atoms. The molecule has 3 aromatic heterocycles. The van der Waals surface area contributed by atoms with Crippen LogP contribution in [0.15, 0.2) is 24.0 Å². The van der Waals surface area contributed by atoms with E-state index in [-0.39, 0.29) is 18.4 Å². The average Bonchev–Trinajstić information content (AvgIpc) is 3.14. The molecule has 0 unspecified atom stereocenters. The Labute approximate surface area is 129 Å². The fourth-order valence-electron chi connectivity index (χ4n) is 2.10. The van der Waals surface area contributed by atoms with E-state index in [1.807, 2.05) is 11.6 Å². The highest BCUT2D eigenvalue weighted by molar-refractivity contribution is 7.15. The lowest BCUT2D eigenvalue weighted by Gasteiger charge is -2.02. The first-order valence-corrected chi connectivity index (χ1v) is 7.43. The molecule has 22 heavy (non-hydrogen) atoms. The summed E-state index contributed by atoms with van der Waals surface area (Å²) in [6.45, 7) is 1.90. The lowest BCUT2D eigenvalue weighted by molar-refractivity contribution is -0.121. The zero-order valence-electron chi connectivity index (χ0n) is 12.0. The number of thiazole rings is 1. The van der Waals surface area contributed by atoms with Gasteiger partial charge in [0.1, 0.15) is 12.2 Å². The number of carbonyl (C=O) groups is 2. The van der Waals surface area contributed by atoms with Crippen LogP contribution in [0.3, 0.4) is 0 Å². The zero-order valence-corrected chi connectivity index (χ0v) is 12.8. The van der Waals surface area contributed by atoms with Crippen LogP contribution in [0.2, 0.25) is 0 Å². The Kier molecular flexibility index (Phi) is 3.63. The first-order chi connectivity index (χ1) is 10.6. The predicted molar refractivity (Wildman–Crippen MR) is 82.1 cm³/mol. The molecule has 3 aromatic rings. The zero-order chi connectivity index (χ0) is 15.7. The first kappa shape index (κ1) is 14.3. The van der Waals surface area contributed by atoms with Gasteiger partial charge in [0.15, 0.2) is 4.96 Å². The summed E-state index contributed by atoms with van der Waals surface area (Å²) in [5.74, 6) is -0.421. The molecule has 0 bridgehead atoms. The molecule has 0 aliphatic heterocycles. The minimum absolute atomic E-state index is 0.104. The van der Waals surface area contributed by atoms with Crippen LogP contribution in [0.4, 0.5) is 5.69 Å². The van der Waals surface area contributed by atoms with Crippen molar-refractivity contribution in [3.63, 3.8) is 0 Å². The second kappa shape index (κ2) is 5.60. The minimum atomic E-state index is -0.261. The lowest BCUT2D eigenvalue weighted by atomic mass is 10.3. The molecule has 8 nitrogen and oxygen atoms in total. The fourth-order valence-corrected chi connectivity index (χ4v) is 2.86. The molecule has 0 aromatic carbocycles. The maximum atomic E-state index is 12.4. The molecule has 3 rings (SSSR count). The molecule has 0 saturated carbocycles. The number of likely N-dealkylation sites (N-methyl/N-ethyl adjacent to an activating group) is 1. The van der Waals surface area contributed by atoms with E-state index in [4.69, 9.17) is 0 Å². The monoisotopic (exact) mass is 318 g/mol. The number of amides is 2. The molecule has 3 heterocycles.